The maximum atomic E-state index is 12.4. The predicted octanol–water partition coefficient (Wildman–Crippen LogP) is 1.95. The first-order valence-corrected chi connectivity index (χ1v) is 8.95. The highest BCUT2D eigenvalue weighted by molar-refractivity contribution is 6.03. The lowest BCUT2D eigenvalue weighted by atomic mass is 10.1. The van der Waals surface area contributed by atoms with Crippen LogP contribution in [-0.4, -0.2) is 39.0 Å². The van der Waals surface area contributed by atoms with Gasteiger partial charge in [0.1, 0.15) is 6.54 Å². The quantitative estimate of drug-likeness (QED) is 0.661. The van der Waals surface area contributed by atoms with Crippen LogP contribution in [0.15, 0.2) is 42.5 Å². The normalized spacial score (nSPS) is 11.6. The number of hydrogen-bond donors (Lipinski definition) is 2. The number of nitrogens with one attached hydrogen (secondary N) is 2. The number of quaternary nitrogens is 1. The number of carbonyl (C=O) groups excluding carboxylic acids is 2. The van der Waals surface area contributed by atoms with Gasteiger partial charge in [0.25, 0.3) is 5.91 Å². The van der Waals surface area contributed by atoms with Gasteiger partial charge in [-0.05, 0) is 44.2 Å². The van der Waals surface area contributed by atoms with E-state index in [0.29, 0.717) is 35.9 Å². The zero-order valence-corrected chi connectivity index (χ0v) is 16.3. The van der Waals surface area contributed by atoms with Crippen LogP contribution >= 0.6 is 0 Å². The predicted molar refractivity (Wildman–Crippen MR) is 105 cm³/mol. The first-order chi connectivity index (χ1) is 12.9. The van der Waals surface area contributed by atoms with Crippen LogP contribution < -0.4 is 19.7 Å². The molecule has 0 radical (unpaired) electrons. The molecule has 2 rings (SSSR count). The molecule has 2 N–H and O–H groups in total. The molecule has 2 aromatic carbocycles. The first kappa shape index (κ1) is 20.5. The van der Waals surface area contributed by atoms with Gasteiger partial charge in [0, 0.05) is 11.1 Å². The number of benzene rings is 2. The van der Waals surface area contributed by atoms with Gasteiger partial charge in [-0.1, -0.05) is 12.1 Å². The third-order valence-corrected chi connectivity index (χ3v) is 4.08. The van der Waals surface area contributed by atoms with E-state index in [2.05, 4.69) is 5.32 Å². The van der Waals surface area contributed by atoms with Crippen molar-refractivity contribution in [3.8, 4) is 11.5 Å². The fraction of sp³-hybridized carbons (Fsp3) is 0.333. The van der Waals surface area contributed by atoms with E-state index in [1.807, 2.05) is 32.2 Å². The summed E-state index contributed by atoms with van der Waals surface area (Å²) in [6.45, 7) is 4.92. The molecule has 0 bridgehead atoms. The molecule has 0 spiro atoms. The van der Waals surface area contributed by atoms with Crippen molar-refractivity contribution in [2.45, 2.75) is 20.4 Å². The molecule has 0 saturated carbocycles. The molecular formula is C21H27N2O4+. The molecule has 0 saturated heterocycles. The third-order valence-electron chi connectivity index (χ3n) is 4.08. The molecule has 6 nitrogen and oxygen atoms in total. The number of rotatable bonds is 9. The molecule has 0 fully saturated rings. The second kappa shape index (κ2) is 9.73. The molecule has 1 atom stereocenters. The van der Waals surface area contributed by atoms with E-state index in [1.54, 1.807) is 31.4 Å². The van der Waals surface area contributed by atoms with Gasteiger partial charge in [0.05, 0.1) is 26.5 Å². The lowest BCUT2D eigenvalue weighted by molar-refractivity contribution is -0.885. The van der Waals surface area contributed by atoms with Crippen molar-refractivity contribution in [3.05, 3.63) is 53.6 Å². The molecule has 0 heterocycles. The van der Waals surface area contributed by atoms with Crippen molar-refractivity contribution in [2.75, 3.05) is 32.6 Å². The number of carbonyl (C=O) groups is 2. The van der Waals surface area contributed by atoms with Crippen molar-refractivity contribution < 1.29 is 24.0 Å². The van der Waals surface area contributed by atoms with Crippen LogP contribution in [0.2, 0.25) is 0 Å². The Morgan fingerprint density at radius 2 is 1.85 bits per heavy atom. The van der Waals surface area contributed by atoms with Crippen LogP contribution in [-0.2, 0) is 11.3 Å². The summed E-state index contributed by atoms with van der Waals surface area (Å²) in [5, 5.41) is 2.83. The Hall–Kier alpha value is -2.86. The van der Waals surface area contributed by atoms with Gasteiger partial charge in [-0.3, -0.25) is 9.59 Å². The summed E-state index contributed by atoms with van der Waals surface area (Å²) in [4.78, 5) is 25.0. The molecule has 144 valence electrons. The van der Waals surface area contributed by atoms with Gasteiger partial charge in [0.15, 0.2) is 23.8 Å². The van der Waals surface area contributed by atoms with Crippen LogP contribution in [0, 0.1) is 0 Å². The second-order valence-corrected chi connectivity index (χ2v) is 6.38. The fourth-order valence-electron chi connectivity index (χ4n) is 2.88. The molecule has 0 aliphatic rings. The highest BCUT2D eigenvalue weighted by atomic mass is 16.5. The smallest absolute Gasteiger partial charge is 0.279 e. The Labute approximate surface area is 160 Å². The second-order valence-electron chi connectivity index (χ2n) is 6.38. The molecule has 0 aliphatic heterocycles. The van der Waals surface area contributed by atoms with Gasteiger partial charge < -0.3 is 19.7 Å². The van der Waals surface area contributed by atoms with E-state index in [0.717, 1.165) is 10.5 Å². The zero-order valence-electron chi connectivity index (χ0n) is 16.3. The maximum absolute atomic E-state index is 12.4. The Balaban J connectivity index is 1.98. The molecular weight excluding hydrogens is 344 g/mol. The Kier molecular flexibility index (Phi) is 7.37. The van der Waals surface area contributed by atoms with Crippen molar-refractivity contribution >= 4 is 17.4 Å². The largest absolute Gasteiger partial charge is 0.493 e. The van der Waals surface area contributed by atoms with E-state index in [1.165, 1.54) is 6.92 Å². The Bertz CT molecular complexity index is 805. The topological polar surface area (TPSA) is 69.1 Å². The van der Waals surface area contributed by atoms with Gasteiger partial charge in [0.2, 0.25) is 0 Å². The van der Waals surface area contributed by atoms with E-state index in [-0.39, 0.29) is 18.2 Å². The van der Waals surface area contributed by atoms with E-state index in [4.69, 9.17) is 9.47 Å². The third kappa shape index (κ3) is 5.82. The minimum absolute atomic E-state index is 0.0758. The van der Waals surface area contributed by atoms with Crippen molar-refractivity contribution in [1.82, 2.24) is 0 Å². The Morgan fingerprint density at radius 1 is 1.11 bits per heavy atom. The monoisotopic (exact) mass is 371 g/mol. The van der Waals surface area contributed by atoms with Gasteiger partial charge in [-0.25, -0.2) is 0 Å². The zero-order chi connectivity index (χ0) is 19.8. The Morgan fingerprint density at radius 3 is 2.52 bits per heavy atom. The lowest BCUT2D eigenvalue weighted by Gasteiger charge is -2.16. The number of likely N-dealkylation sites (N-methyl/N-ethyl adjacent to an activating group) is 1. The number of ether oxygens (including phenoxy) is 2. The molecule has 0 aromatic heterocycles. The maximum Gasteiger partial charge on any atom is 0.279 e. The highest BCUT2D eigenvalue weighted by Crippen LogP contribution is 2.27. The van der Waals surface area contributed by atoms with Crippen molar-refractivity contribution in [2.24, 2.45) is 0 Å². The molecule has 1 unspecified atom stereocenters. The average molecular weight is 371 g/mol. The number of Topliss-reactive ketones (excluding diaryl/α,β-unsaturated/α-hetero) is 1. The van der Waals surface area contributed by atoms with Gasteiger partial charge in [-0.15, -0.1) is 0 Å². The SMILES string of the molecule is CCOc1ccc(C[NH+](C)CC(=O)Nc2ccccc2C(C)=O)cc1OC. The summed E-state index contributed by atoms with van der Waals surface area (Å²) < 4.78 is 10.9. The number of para-hydroxylation sites is 1. The lowest BCUT2D eigenvalue weighted by Crippen LogP contribution is -3.08. The number of hydrogen-bond acceptors (Lipinski definition) is 4. The first-order valence-electron chi connectivity index (χ1n) is 8.95. The van der Waals surface area contributed by atoms with Crippen molar-refractivity contribution in [1.29, 1.82) is 0 Å². The van der Waals surface area contributed by atoms with Gasteiger partial charge in [-0.2, -0.15) is 0 Å². The number of anilines is 1. The van der Waals surface area contributed by atoms with E-state index < -0.39 is 0 Å². The van der Waals surface area contributed by atoms with Crippen LogP contribution in [0.4, 0.5) is 5.69 Å². The minimum atomic E-state index is -0.140. The molecule has 6 heteroatoms. The number of ketones is 1. The molecule has 27 heavy (non-hydrogen) atoms. The molecule has 1 amide bonds. The summed E-state index contributed by atoms with van der Waals surface area (Å²) in [6, 6.07) is 12.8. The fourth-order valence-corrected chi connectivity index (χ4v) is 2.88. The van der Waals surface area contributed by atoms with Crippen LogP contribution in [0.25, 0.3) is 0 Å². The number of methoxy groups -OCH3 is 1. The average Bonchev–Trinajstić information content (AvgIpc) is 2.63. The summed E-state index contributed by atoms with van der Waals surface area (Å²) >= 11 is 0. The number of amides is 1. The summed E-state index contributed by atoms with van der Waals surface area (Å²) in [6.07, 6.45) is 0. The minimum Gasteiger partial charge on any atom is -0.493 e. The standard InChI is InChI=1S/C21H26N2O4/c1-5-27-19-11-10-16(12-20(19)26-4)13-23(3)14-21(25)22-18-9-7-6-8-17(18)15(2)24/h6-12H,5,13-14H2,1-4H3,(H,22,25)/p+1. The van der Waals surface area contributed by atoms with Crippen LogP contribution in [0.5, 0.6) is 11.5 Å². The molecule has 0 aliphatic carbocycles. The van der Waals surface area contributed by atoms with Crippen molar-refractivity contribution in [3.63, 3.8) is 0 Å². The summed E-state index contributed by atoms with van der Waals surface area (Å²) in [5.41, 5.74) is 2.11. The summed E-state index contributed by atoms with van der Waals surface area (Å²) in [7, 11) is 3.55. The summed E-state index contributed by atoms with van der Waals surface area (Å²) in [5.74, 6) is 1.18. The van der Waals surface area contributed by atoms with E-state index >= 15 is 0 Å². The van der Waals surface area contributed by atoms with Crippen LogP contribution in [0.1, 0.15) is 29.8 Å². The highest BCUT2D eigenvalue weighted by Gasteiger charge is 2.15. The van der Waals surface area contributed by atoms with Crippen LogP contribution in [0.3, 0.4) is 0 Å². The van der Waals surface area contributed by atoms with Gasteiger partial charge >= 0.3 is 0 Å². The molecule has 2 aromatic rings. The van der Waals surface area contributed by atoms with E-state index in [9.17, 15) is 9.59 Å².